The molecule has 25 heavy (non-hydrogen) atoms. The first-order valence-corrected chi connectivity index (χ1v) is 8.52. The minimum Gasteiger partial charge on any atom is -0.454 e. The van der Waals surface area contributed by atoms with E-state index in [9.17, 15) is 9.59 Å². The van der Waals surface area contributed by atoms with Gasteiger partial charge in [0.1, 0.15) is 6.10 Å². The van der Waals surface area contributed by atoms with Crippen molar-refractivity contribution >= 4 is 11.8 Å². The topological polar surface area (TPSA) is 80.3 Å². The molecule has 1 unspecified atom stereocenters. The second-order valence-electron chi connectivity index (χ2n) is 6.25. The molecule has 1 aromatic carbocycles. The molecule has 0 aromatic heterocycles. The molecule has 0 spiro atoms. The molecule has 0 saturated carbocycles. The highest BCUT2D eigenvalue weighted by atomic mass is 16.7. The number of hydrogen-bond donors (Lipinski definition) is 1. The van der Waals surface area contributed by atoms with Crippen molar-refractivity contribution in [1.82, 2.24) is 15.1 Å². The third-order valence-corrected chi connectivity index (χ3v) is 4.70. The fourth-order valence-corrected chi connectivity index (χ4v) is 3.27. The number of hydrogen-bond acceptors (Lipinski definition) is 6. The van der Waals surface area contributed by atoms with Crippen molar-refractivity contribution in [3.63, 3.8) is 0 Å². The minimum absolute atomic E-state index is 0.00220. The molecule has 3 heterocycles. The maximum Gasteiger partial charge on any atom is 0.254 e. The average Bonchev–Trinajstić information content (AvgIpc) is 3.15. The fraction of sp³-hybridized carbons (Fsp3) is 0.529. The SMILES string of the molecule is O=C(c1ccc2c(c1)OCO2)N1CCN(C(=O)C2CNCCO2)CC1. The number of nitrogens with zero attached hydrogens (tertiary/aromatic N) is 2. The van der Waals surface area contributed by atoms with E-state index in [0.717, 1.165) is 6.54 Å². The van der Waals surface area contributed by atoms with E-state index in [1.807, 2.05) is 0 Å². The van der Waals surface area contributed by atoms with Crippen molar-refractivity contribution < 1.29 is 23.8 Å². The molecular formula is C17H21N3O5. The summed E-state index contributed by atoms with van der Waals surface area (Å²) in [6.07, 6.45) is -0.412. The molecule has 0 radical (unpaired) electrons. The lowest BCUT2D eigenvalue weighted by molar-refractivity contribution is -0.146. The van der Waals surface area contributed by atoms with Crippen molar-refractivity contribution in [2.45, 2.75) is 6.10 Å². The van der Waals surface area contributed by atoms with Gasteiger partial charge in [0.15, 0.2) is 11.5 Å². The Kier molecular flexibility index (Phi) is 4.46. The van der Waals surface area contributed by atoms with Crippen molar-refractivity contribution in [3.8, 4) is 11.5 Å². The van der Waals surface area contributed by atoms with Crippen LogP contribution in [0.25, 0.3) is 0 Å². The first-order chi connectivity index (χ1) is 12.2. The molecule has 3 aliphatic rings. The number of piperazine rings is 1. The largest absolute Gasteiger partial charge is 0.454 e. The second-order valence-corrected chi connectivity index (χ2v) is 6.25. The van der Waals surface area contributed by atoms with E-state index in [-0.39, 0.29) is 18.6 Å². The van der Waals surface area contributed by atoms with Crippen LogP contribution in [0.1, 0.15) is 10.4 Å². The van der Waals surface area contributed by atoms with Gasteiger partial charge < -0.3 is 29.3 Å². The van der Waals surface area contributed by atoms with Crippen LogP contribution < -0.4 is 14.8 Å². The van der Waals surface area contributed by atoms with Gasteiger partial charge in [-0.15, -0.1) is 0 Å². The quantitative estimate of drug-likeness (QED) is 0.790. The number of fused-ring (bicyclic) bond motifs is 1. The van der Waals surface area contributed by atoms with Crippen LogP contribution in [-0.2, 0) is 9.53 Å². The number of amides is 2. The number of nitrogens with one attached hydrogen (secondary N) is 1. The van der Waals surface area contributed by atoms with Crippen molar-refractivity contribution in [2.24, 2.45) is 0 Å². The van der Waals surface area contributed by atoms with Gasteiger partial charge in [-0.2, -0.15) is 0 Å². The van der Waals surface area contributed by atoms with E-state index >= 15 is 0 Å². The number of carbonyl (C=O) groups is 2. The molecule has 2 saturated heterocycles. The van der Waals surface area contributed by atoms with E-state index in [2.05, 4.69) is 5.32 Å². The Morgan fingerprint density at radius 2 is 1.80 bits per heavy atom. The predicted molar refractivity (Wildman–Crippen MR) is 87.7 cm³/mol. The second kappa shape index (κ2) is 6.89. The van der Waals surface area contributed by atoms with Crippen LogP contribution in [0.5, 0.6) is 11.5 Å². The summed E-state index contributed by atoms with van der Waals surface area (Å²) in [4.78, 5) is 28.7. The Hall–Kier alpha value is -2.32. The van der Waals surface area contributed by atoms with Crippen LogP contribution in [0.2, 0.25) is 0 Å². The first-order valence-electron chi connectivity index (χ1n) is 8.52. The van der Waals surface area contributed by atoms with Crippen LogP contribution >= 0.6 is 0 Å². The molecule has 0 aliphatic carbocycles. The summed E-state index contributed by atoms with van der Waals surface area (Å²) in [6.45, 7) is 4.14. The standard InChI is InChI=1S/C17H21N3O5/c21-16(12-1-2-13-14(9-12)25-11-24-13)19-4-6-20(7-5-19)17(22)15-10-18-3-8-23-15/h1-2,9,15,18H,3-8,10-11H2. The van der Waals surface area contributed by atoms with E-state index in [1.165, 1.54) is 0 Å². The first kappa shape index (κ1) is 16.2. The van der Waals surface area contributed by atoms with Crippen molar-refractivity contribution in [3.05, 3.63) is 23.8 Å². The Labute approximate surface area is 145 Å². The smallest absolute Gasteiger partial charge is 0.254 e. The molecule has 2 amide bonds. The average molecular weight is 347 g/mol. The molecule has 3 aliphatic heterocycles. The van der Waals surface area contributed by atoms with Crippen LogP contribution in [0.4, 0.5) is 0 Å². The fourth-order valence-electron chi connectivity index (χ4n) is 3.27. The zero-order valence-corrected chi connectivity index (χ0v) is 13.9. The van der Waals surface area contributed by atoms with Crippen molar-refractivity contribution in [2.75, 3.05) is 52.7 Å². The van der Waals surface area contributed by atoms with Crippen LogP contribution in [0.15, 0.2) is 18.2 Å². The van der Waals surface area contributed by atoms with Gasteiger partial charge in [0.2, 0.25) is 6.79 Å². The van der Waals surface area contributed by atoms with E-state index < -0.39 is 6.10 Å². The monoisotopic (exact) mass is 347 g/mol. The Bertz CT molecular complexity index is 666. The highest BCUT2D eigenvalue weighted by molar-refractivity contribution is 5.95. The molecule has 4 rings (SSSR count). The van der Waals surface area contributed by atoms with Crippen LogP contribution in [-0.4, -0.2) is 80.4 Å². The van der Waals surface area contributed by atoms with E-state index in [1.54, 1.807) is 28.0 Å². The molecule has 8 nitrogen and oxygen atoms in total. The summed E-state index contributed by atoms with van der Waals surface area (Å²) >= 11 is 0. The third-order valence-electron chi connectivity index (χ3n) is 4.70. The van der Waals surface area contributed by atoms with Gasteiger partial charge in [-0.3, -0.25) is 9.59 Å². The Morgan fingerprint density at radius 1 is 1.04 bits per heavy atom. The number of benzene rings is 1. The molecular weight excluding hydrogens is 326 g/mol. The molecule has 0 bridgehead atoms. The van der Waals surface area contributed by atoms with E-state index in [0.29, 0.717) is 56.4 Å². The lowest BCUT2D eigenvalue weighted by Gasteiger charge is -2.37. The van der Waals surface area contributed by atoms with Gasteiger partial charge >= 0.3 is 0 Å². The number of morpholine rings is 1. The minimum atomic E-state index is -0.412. The van der Waals surface area contributed by atoms with Gasteiger partial charge in [0, 0.05) is 44.8 Å². The number of carbonyl (C=O) groups excluding carboxylic acids is 2. The number of ether oxygens (including phenoxy) is 3. The van der Waals surface area contributed by atoms with Gasteiger partial charge in [-0.25, -0.2) is 0 Å². The normalized spacial score (nSPS) is 22.8. The molecule has 1 aromatic rings. The summed E-state index contributed by atoms with van der Waals surface area (Å²) in [5, 5.41) is 3.16. The summed E-state index contributed by atoms with van der Waals surface area (Å²) < 4.78 is 16.1. The molecule has 1 N–H and O–H groups in total. The summed E-state index contributed by atoms with van der Waals surface area (Å²) in [7, 11) is 0. The summed E-state index contributed by atoms with van der Waals surface area (Å²) in [5.41, 5.74) is 0.573. The lowest BCUT2D eigenvalue weighted by Crippen LogP contribution is -2.56. The number of rotatable bonds is 2. The Balaban J connectivity index is 1.35. The molecule has 134 valence electrons. The van der Waals surface area contributed by atoms with E-state index in [4.69, 9.17) is 14.2 Å². The third kappa shape index (κ3) is 3.27. The summed E-state index contributed by atoms with van der Waals surface area (Å²) in [5.74, 6) is 1.21. The molecule has 1 atom stereocenters. The zero-order chi connectivity index (χ0) is 17.2. The van der Waals surface area contributed by atoms with Gasteiger partial charge in [-0.05, 0) is 18.2 Å². The predicted octanol–water partition coefficient (Wildman–Crippen LogP) is -0.312. The van der Waals surface area contributed by atoms with Gasteiger partial charge in [0.05, 0.1) is 6.61 Å². The van der Waals surface area contributed by atoms with Gasteiger partial charge in [0.25, 0.3) is 11.8 Å². The summed E-state index contributed by atoms with van der Waals surface area (Å²) in [6, 6.07) is 5.21. The van der Waals surface area contributed by atoms with Crippen LogP contribution in [0, 0.1) is 0 Å². The lowest BCUT2D eigenvalue weighted by atomic mass is 10.1. The maximum atomic E-state index is 12.7. The highest BCUT2D eigenvalue weighted by Crippen LogP contribution is 2.32. The zero-order valence-electron chi connectivity index (χ0n) is 13.9. The Morgan fingerprint density at radius 3 is 2.56 bits per heavy atom. The van der Waals surface area contributed by atoms with Gasteiger partial charge in [-0.1, -0.05) is 0 Å². The van der Waals surface area contributed by atoms with Crippen molar-refractivity contribution in [1.29, 1.82) is 0 Å². The maximum absolute atomic E-state index is 12.7. The molecule has 2 fully saturated rings. The van der Waals surface area contributed by atoms with Crippen LogP contribution in [0.3, 0.4) is 0 Å². The molecule has 8 heteroatoms. The highest BCUT2D eigenvalue weighted by Gasteiger charge is 2.31.